The number of phosphoric ester groups is 1. The predicted octanol–water partition coefficient (Wildman–Crippen LogP) is 19.8. The Hall–Kier alpha value is -4.11. The number of ether oxygens (including phenoxy) is 1. The van der Waals surface area contributed by atoms with Crippen LogP contribution in [0.15, 0.2) is 146 Å². The first-order valence-corrected chi connectivity index (χ1v) is 33.2. The number of carbonyl (C=O) groups excluding carboxylic acids is 2. The summed E-state index contributed by atoms with van der Waals surface area (Å²) in [6, 6.07) is -0.906. The summed E-state index contributed by atoms with van der Waals surface area (Å²) in [5.74, 6) is -0.630. The van der Waals surface area contributed by atoms with Crippen LogP contribution in [0.5, 0.6) is 0 Å². The van der Waals surface area contributed by atoms with Gasteiger partial charge in [0, 0.05) is 12.8 Å². The van der Waals surface area contributed by atoms with Gasteiger partial charge in [-0.05, 0) is 115 Å². The number of esters is 1. The van der Waals surface area contributed by atoms with E-state index in [1.807, 2.05) is 45.4 Å². The average Bonchev–Trinajstić information content (AvgIpc) is 3.42. The van der Waals surface area contributed by atoms with Crippen molar-refractivity contribution in [3.05, 3.63) is 146 Å². The first-order chi connectivity index (χ1) is 38.9. The monoisotopic (exact) mass is 1130 g/mol. The second-order valence-corrected chi connectivity index (χ2v) is 23.3. The average molecular weight is 1130 g/mol. The number of quaternary nitrogens is 1. The molecule has 0 saturated carbocycles. The Morgan fingerprint density at radius 1 is 0.450 bits per heavy atom. The Balaban J connectivity index is 5.35. The molecule has 3 unspecified atom stereocenters. The molecule has 9 nitrogen and oxygen atoms in total. The van der Waals surface area contributed by atoms with Crippen LogP contribution in [-0.2, 0) is 27.9 Å². The lowest BCUT2D eigenvalue weighted by Crippen LogP contribution is -2.47. The van der Waals surface area contributed by atoms with Crippen molar-refractivity contribution in [2.24, 2.45) is 0 Å². The van der Waals surface area contributed by atoms with Crippen molar-refractivity contribution in [3.8, 4) is 0 Å². The molecule has 80 heavy (non-hydrogen) atoms. The van der Waals surface area contributed by atoms with Crippen LogP contribution in [0.25, 0.3) is 0 Å². The van der Waals surface area contributed by atoms with E-state index in [1.165, 1.54) is 57.8 Å². The van der Waals surface area contributed by atoms with Crippen LogP contribution >= 0.6 is 7.82 Å². The van der Waals surface area contributed by atoms with Gasteiger partial charge in [0.25, 0.3) is 0 Å². The van der Waals surface area contributed by atoms with Crippen LogP contribution in [0.3, 0.4) is 0 Å². The topological polar surface area (TPSA) is 111 Å². The number of hydrogen-bond acceptors (Lipinski definition) is 6. The Morgan fingerprint density at radius 3 is 1.23 bits per heavy atom. The minimum Gasteiger partial charge on any atom is -0.456 e. The molecular formula is C70H118N2O7P+. The van der Waals surface area contributed by atoms with Crippen molar-refractivity contribution >= 4 is 19.7 Å². The third kappa shape index (κ3) is 58.5. The maximum Gasteiger partial charge on any atom is 0.472 e. The van der Waals surface area contributed by atoms with Crippen molar-refractivity contribution < 1.29 is 37.3 Å². The highest BCUT2D eigenvalue weighted by molar-refractivity contribution is 7.47. The van der Waals surface area contributed by atoms with Crippen LogP contribution in [0, 0.1) is 0 Å². The number of carbonyl (C=O) groups is 2. The molecule has 0 aliphatic heterocycles. The fraction of sp³-hybridized carbons (Fsp3) is 0.629. The van der Waals surface area contributed by atoms with E-state index in [4.69, 9.17) is 13.8 Å². The Bertz CT molecular complexity index is 1880. The molecule has 0 aromatic heterocycles. The fourth-order valence-corrected chi connectivity index (χ4v) is 8.96. The number of allylic oxidation sites excluding steroid dienone is 23. The molecule has 10 heteroatoms. The summed E-state index contributed by atoms with van der Waals surface area (Å²) in [5, 5.41) is 3.00. The number of phosphoric acid groups is 1. The third-order valence-corrected chi connectivity index (χ3v) is 14.0. The maximum atomic E-state index is 13.5. The van der Waals surface area contributed by atoms with Gasteiger partial charge in [-0.15, -0.1) is 0 Å². The SMILES string of the molecule is CC/C=C\C/C=C\C/C=C\C/C=C\C/C=C\C/C=C\CCCCCCCCC(=O)OC(/C=C\CCCCCCCCCCCCC)C(COP(=O)(O)OCC[N+](C)(C)C)NC(=O)CC/C=C/C/C=C/C/C=C/C/C=C/C/C=C/CC. The number of unbranched alkanes of at least 4 members (excludes halogenated alkanes) is 17. The molecule has 0 aliphatic carbocycles. The Labute approximate surface area is 491 Å². The van der Waals surface area contributed by atoms with E-state index < -0.39 is 20.0 Å². The molecule has 0 spiro atoms. The molecule has 0 radical (unpaired) electrons. The molecular weight excluding hydrogens is 1010 g/mol. The largest absolute Gasteiger partial charge is 0.472 e. The first kappa shape index (κ1) is 75.9. The van der Waals surface area contributed by atoms with Gasteiger partial charge in [0.05, 0.1) is 33.8 Å². The van der Waals surface area contributed by atoms with Crippen molar-refractivity contribution in [1.82, 2.24) is 5.32 Å². The summed E-state index contributed by atoms with van der Waals surface area (Å²) in [5.41, 5.74) is 0. The summed E-state index contributed by atoms with van der Waals surface area (Å²) in [7, 11) is 1.42. The highest BCUT2D eigenvalue weighted by Crippen LogP contribution is 2.43. The van der Waals surface area contributed by atoms with E-state index >= 15 is 0 Å². The van der Waals surface area contributed by atoms with E-state index in [-0.39, 0.29) is 37.9 Å². The molecule has 0 aliphatic rings. The van der Waals surface area contributed by atoms with E-state index in [2.05, 4.69) is 148 Å². The molecule has 1 amide bonds. The molecule has 0 fully saturated rings. The molecule has 2 N–H and O–H groups in total. The lowest BCUT2D eigenvalue weighted by Gasteiger charge is -2.27. The summed E-state index contributed by atoms with van der Waals surface area (Å²) < 4.78 is 30.6. The number of likely N-dealkylation sites (N-methyl/N-ethyl adjacent to an activating group) is 1. The highest BCUT2D eigenvalue weighted by Gasteiger charge is 2.30. The molecule has 0 aromatic rings. The minimum atomic E-state index is -4.48. The molecule has 454 valence electrons. The zero-order valence-corrected chi connectivity index (χ0v) is 52.7. The number of hydrogen-bond donors (Lipinski definition) is 2. The maximum absolute atomic E-state index is 13.5. The van der Waals surface area contributed by atoms with Crippen LogP contribution < -0.4 is 5.32 Å². The van der Waals surface area contributed by atoms with E-state index in [0.717, 1.165) is 128 Å². The molecule has 0 rings (SSSR count). The third-order valence-electron chi connectivity index (χ3n) is 13.0. The lowest BCUT2D eigenvalue weighted by atomic mass is 10.0. The number of nitrogens with one attached hydrogen (secondary N) is 1. The fourth-order valence-electron chi connectivity index (χ4n) is 8.22. The molecule has 0 heterocycles. The summed E-state index contributed by atoms with van der Waals surface area (Å²) in [6.07, 6.45) is 84.4. The number of nitrogens with zero attached hydrogens (tertiary/aromatic N) is 1. The van der Waals surface area contributed by atoms with E-state index in [9.17, 15) is 19.0 Å². The normalized spacial score (nSPS) is 14.6. The number of rotatable bonds is 55. The van der Waals surface area contributed by atoms with Crippen molar-refractivity contribution in [2.75, 3.05) is 40.9 Å². The smallest absolute Gasteiger partial charge is 0.456 e. The van der Waals surface area contributed by atoms with Gasteiger partial charge in [0.2, 0.25) is 5.91 Å². The van der Waals surface area contributed by atoms with Crippen LogP contribution in [0.2, 0.25) is 0 Å². The first-order valence-electron chi connectivity index (χ1n) is 31.7. The zero-order chi connectivity index (χ0) is 58.6. The van der Waals surface area contributed by atoms with Crippen molar-refractivity contribution in [2.45, 2.75) is 245 Å². The van der Waals surface area contributed by atoms with Gasteiger partial charge in [-0.25, -0.2) is 4.57 Å². The van der Waals surface area contributed by atoms with Gasteiger partial charge in [-0.1, -0.05) is 250 Å². The number of amides is 1. The standard InChI is InChI=1S/C70H117N2O7P/c1-7-10-13-16-19-22-25-28-30-32-33-34-35-36-37-38-39-40-42-45-48-51-54-57-60-63-70(74)79-68(61-58-55-52-49-46-43-27-24-21-18-15-12-9-3)67(66-78-80(75,76)77-65-64-72(4,5)6)71-69(73)62-59-56-53-50-47-44-41-31-29-26-23-20-17-14-11-8-2/h10-11,13-14,19-20,22-23,28-31,33-34,36-37,39-40,44,47,53,56,58,61,67-68H,7-9,12,15-18,21,24-27,32,35,38,41-43,45-46,48-52,54-55,57,59-60,62-66H2,1-6H3,(H-,71,73,75,76)/p+1/b13-10-,14-11+,22-19-,23-20+,30-28-,31-29+,34-33-,37-36-,40-39-,47-44+,56-53+,61-58-. The quantitative estimate of drug-likeness (QED) is 0.0205. The van der Waals surface area contributed by atoms with Crippen LogP contribution in [0.4, 0.5) is 0 Å². The van der Waals surface area contributed by atoms with Crippen molar-refractivity contribution in [1.29, 1.82) is 0 Å². The summed E-state index contributed by atoms with van der Waals surface area (Å²) in [4.78, 5) is 37.7. The van der Waals surface area contributed by atoms with E-state index in [0.29, 0.717) is 23.9 Å². The Morgan fingerprint density at radius 2 is 0.812 bits per heavy atom. The van der Waals surface area contributed by atoms with Crippen molar-refractivity contribution in [3.63, 3.8) is 0 Å². The molecule has 0 bridgehead atoms. The van der Waals surface area contributed by atoms with Gasteiger partial charge in [-0.3, -0.25) is 18.6 Å². The zero-order valence-electron chi connectivity index (χ0n) is 51.8. The van der Waals surface area contributed by atoms with Crippen LogP contribution in [-0.4, -0.2) is 74.3 Å². The predicted molar refractivity (Wildman–Crippen MR) is 346 cm³/mol. The second-order valence-electron chi connectivity index (χ2n) is 21.8. The molecule has 0 saturated heterocycles. The van der Waals surface area contributed by atoms with Gasteiger partial charge < -0.3 is 19.4 Å². The van der Waals surface area contributed by atoms with Gasteiger partial charge >= 0.3 is 13.8 Å². The van der Waals surface area contributed by atoms with Crippen LogP contribution in [0.1, 0.15) is 233 Å². The lowest BCUT2D eigenvalue weighted by molar-refractivity contribution is -0.870. The summed E-state index contributed by atoms with van der Waals surface area (Å²) >= 11 is 0. The molecule has 3 atom stereocenters. The second kappa shape index (κ2) is 58.1. The van der Waals surface area contributed by atoms with Gasteiger partial charge in [0.1, 0.15) is 19.3 Å². The van der Waals surface area contributed by atoms with E-state index in [1.54, 1.807) is 0 Å². The Kier molecular flexibility index (Phi) is 55.1. The summed E-state index contributed by atoms with van der Waals surface area (Å²) in [6.45, 7) is 6.70. The highest BCUT2D eigenvalue weighted by atomic mass is 31.2. The minimum absolute atomic E-state index is 0.0162. The molecule has 0 aromatic carbocycles. The van der Waals surface area contributed by atoms with Gasteiger partial charge in [0.15, 0.2) is 0 Å². The van der Waals surface area contributed by atoms with Gasteiger partial charge in [-0.2, -0.15) is 0 Å².